The fourth-order valence-corrected chi connectivity index (χ4v) is 1.07. The molecule has 0 spiro atoms. The standard InChI is InChI=1S/C11H10F2O3/c1-2-16-11(15)4-3-8-9(12)5-7(14)6-10(8)13/h3-6,14H,2H2,1H3. The zero-order valence-corrected chi connectivity index (χ0v) is 8.54. The van der Waals surface area contributed by atoms with Gasteiger partial charge in [0.25, 0.3) is 0 Å². The molecule has 0 radical (unpaired) electrons. The van der Waals surface area contributed by atoms with Crippen molar-refractivity contribution >= 4 is 12.0 Å². The minimum atomic E-state index is -0.946. The van der Waals surface area contributed by atoms with E-state index >= 15 is 0 Å². The lowest BCUT2D eigenvalue weighted by atomic mass is 10.1. The van der Waals surface area contributed by atoms with Crippen molar-refractivity contribution in [2.45, 2.75) is 6.92 Å². The number of rotatable bonds is 3. The van der Waals surface area contributed by atoms with Gasteiger partial charge in [-0.05, 0) is 13.0 Å². The largest absolute Gasteiger partial charge is 0.508 e. The third kappa shape index (κ3) is 3.05. The van der Waals surface area contributed by atoms with Gasteiger partial charge in [-0.3, -0.25) is 0 Å². The molecule has 0 aromatic heterocycles. The molecule has 0 atom stereocenters. The maximum atomic E-state index is 13.1. The number of benzene rings is 1. The third-order valence-corrected chi connectivity index (χ3v) is 1.74. The molecule has 86 valence electrons. The van der Waals surface area contributed by atoms with Gasteiger partial charge in [0.05, 0.1) is 6.61 Å². The summed E-state index contributed by atoms with van der Waals surface area (Å²) < 4.78 is 30.8. The average molecular weight is 228 g/mol. The zero-order valence-electron chi connectivity index (χ0n) is 8.54. The summed E-state index contributed by atoms with van der Waals surface area (Å²) in [5, 5.41) is 8.88. The van der Waals surface area contributed by atoms with Gasteiger partial charge in [-0.1, -0.05) is 0 Å². The Kier molecular flexibility index (Phi) is 3.99. The van der Waals surface area contributed by atoms with Crippen LogP contribution in [0.25, 0.3) is 6.08 Å². The quantitative estimate of drug-likeness (QED) is 0.637. The Labute approximate surface area is 91.0 Å². The first-order valence-electron chi connectivity index (χ1n) is 4.57. The minimum absolute atomic E-state index is 0.184. The predicted molar refractivity (Wildman–Crippen MR) is 53.7 cm³/mol. The summed E-state index contributed by atoms with van der Waals surface area (Å²) in [5.41, 5.74) is -0.397. The van der Waals surface area contributed by atoms with Gasteiger partial charge in [-0.2, -0.15) is 0 Å². The van der Waals surface area contributed by atoms with Crippen molar-refractivity contribution in [2.75, 3.05) is 6.61 Å². The highest BCUT2D eigenvalue weighted by Crippen LogP contribution is 2.20. The molecule has 1 aromatic rings. The van der Waals surface area contributed by atoms with Crippen LogP contribution in [0.4, 0.5) is 8.78 Å². The molecule has 0 amide bonds. The summed E-state index contributed by atoms with van der Waals surface area (Å²) in [6, 6.07) is 1.52. The van der Waals surface area contributed by atoms with Crippen LogP contribution in [0.1, 0.15) is 12.5 Å². The smallest absolute Gasteiger partial charge is 0.330 e. The van der Waals surface area contributed by atoms with E-state index in [2.05, 4.69) is 4.74 Å². The molecular formula is C11H10F2O3. The number of aromatic hydroxyl groups is 1. The van der Waals surface area contributed by atoms with E-state index in [1.54, 1.807) is 6.92 Å². The lowest BCUT2D eigenvalue weighted by molar-refractivity contribution is -0.137. The Balaban J connectivity index is 2.93. The topological polar surface area (TPSA) is 46.5 Å². The third-order valence-electron chi connectivity index (χ3n) is 1.74. The number of hydrogen-bond acceptors (Lipinski definition) is 3. The number of halogens is 2. The lowest BCUT2D eigenvalue weighted by Gasteiger charge is -2.00. The maximum Gasteiger partial charge on any atom is 0.330 e. The van der Waals surface area contributed by atoms with E-state index < -0.39 is 28.9 Å². The van der Waals surface area contributed by atoms with Gasteiger partial charge in [0.15, 0.2) is 0 Å². The van der Waals surface area contributed by atoms with Crippen LogP contribution in [-0.4, -0.2) is 17.7 Å². The number of esters is 1. The van der Waals surface area contributed by atoms with Crippen LogP contribution in [0.3, 0.4) is 0 Å². The summed E-state index contributed by atoms with van der Waals surface area (Å²) in [7, 11) is 0. The molecule has 0 fully saturated rings. The molecule has 0 aliphatic heterocycles. The van der Waals surface area contributed by atoms with Crippen molar-refractivity contribution in [3.05, 3.63) is 35.4 Å². The fraction of sp³-hybridized carbons (Fsp3) is 0.182. The molecule has 5 heteroatoms. The molecule has 0 aliphatic rings. The van der Waals surface area contributed by atoms with Crippen LogP contribution in [-0.2, 0) is 9.53 Å². The van der Waals surface area contributed by atoms with Crippen LogP contribution in [0.2, 0.25) is 0 Å². The molecule has 0 bridgehead atoms. The summed E-state index contributed by atoms with van der Waals surface area (Å²) in [6.45, 7) is 1.80. The molecular weight excluding hydrogens is 218 g/mol. The summed E-state index contributed by atoms with van der Waals surface area (Å²) in [5.74, 6) is -3.09. The molecule has 16 heavy (non-hydrogen) atoms. The second-order valence-electron chi connectivity index (χ2n) is 2.91. The first kappa shape index (κ1) is 12.2. The van der Waals surface area contributed by atoms with E-state index in [0.29, 0.717) is 0 Å². The second kappa shape index (κ2) is 5.25. The van der Waals surface area contributed by atoms with Crippen LogP contribution in [0.15, 0.2) is 18.2 Å². The van der Waals surface area contributed by atoms with Gasteiger partial charge in [0.1, 0.15) is 17.4 Å². The van der Waals surface area contributed by atoms with Gasteiger partial charge in [-0.25, -0.2) is 13.6 Å². The highest BCUT2D eigenvalue weighted by Gasteiger charge is 2.08. The summed E-state index contributed by atoms with van der Waals surface area (Å²) >= 11 is 0. The Morgan fingerprint density at radius 1 is 1.44 bits per heavy atom. The predicted octanol–water partition coefficient (Wildman–Crippen LogP) is 2.25. The van der Waals surface area contributed by atoms with E-state index in [4.69, 9.17) is 5.11 Å². The van der Waals surface area contributed by atoms with Crippen molar-refractivity contribution in [2.24, 2.45) is 0 Å². The van der Waals surface area contributed by atoms with Gasteiger partial charge < -0.3 is 9.84 Å². The molecule has 0 saturated carbocycles. The van der Waals surface area contributed by atoms with Gasteiger partial charge in [0.2, 0.25) is 0 Å². The molecule has 1 rings (SSSR count). The monoisotopic (exact) mass is 228 g/mol. The number of ether oxygens (including phenoxy) is 1. The summed E-state index contributed by atoms with van der Waals surface area (Å²) in [6.07, 6.45) is 1.88. The molecule has 1 aromatic carbocycles. The lowest BCUT2D eigenvalue weighted by Crippen LogP contribution is -1.99. The molecule has 1 N–H and O–H groups in total. The molecule has 0 saturated heterocycles. The van der Waals surface area contributed by atoms with Crippen LogP contribution >= 0.6 is 0 Å². The Bertz CT molecular complexity index is 404. The van der Waals surface area contributed by atoms with Crippen molar-refractivity contribution in [3.8, 4) is 5.75 Å². The Hall–Kier alpha value is -1.91. The number of carbonyl (C=O) groups excluding carboxylic acids is 1. The van der Waals surface area contributed by atoms with Crippen LogP contribution in [0.5, 0.6) is 5.75 Å². The first-order valence-corrected chi connectivity index (χ1v) is 4.57. The van der Waals surface area contributed by atoms with E-state index in [1.165, 1.54) is 0 Å². The first-order chi connectivity index (χ1) is 7.54. The average Bonchev–Trinajstić information content (AvgIpc) is 2.16. The Morgan fingerprint density at radius 3 is 2.50 bits per heavy atom. The van der Waals surface area contributed by atoms with Gasteiger partial charge >= 0.3 is 5.97 Å². The highest BCUT2D eigenvalue weighted by atomic mass is 19.1. The SMILES string of the molecule is CCOC(=O)C=Cc1c(F)cc(O)cc1F. The van der Waals surface area contributed by atoms with Gasteiger partial charge in [-0.15, -0.1) is 0 Å². The molecule has 0 unspecified atom stereocenters. The molecule has 0 heterocycles. The van der Waals surface area contributed by atoms with Crippen molar-refractivity contribution < 1.29 is 23.4 Å². The molecule has 3 nitrogen and oxygen atoms in total. The minimum Gasteiger partial charge on any atom is -0.508 e. The fourth-order valence-electron chi connectivity index (χ4n) is 1.07. The maximum absolute atomic E-state index is 13.1. The van der Waals surface area contributed by atoms with Crippen molar-refractivity contribution in [1.29, 1.82) is 0 Å². The second-order valence-corrected chi connectivity index (χ2v) is 2.91. The number of phenols is 1. The van der Waals surface area contributed by atoms with Crippen molar-refractivity contribution in [1.82, 2.24) is 0 Å². The van der Waals surface area contributed by atoms with E-state index in [-0.39, 0.29) is 6.61 Å². The number of carbonyl (C=O) groups is 1. The number of hydrogen-bond donors (Lipinski definition) is 1. The van der Waals surface area contributed by atoms with E-state index in [0.717, 1.165) is 24.3 Å². The van der Waals surface area contributed by atoms with Crippen LogP contribution < -0.4 is 0 Å². The highest BCUT2D eigenvalue weighted by molar-refractivity contribution is 5.87. The molecule has 0 aliphatic carbocycles. The van der Waals surface area contributed by atoms with Crippen LogP contribution in [0, 0.1) is 11.6 Å². The van der Waals surface area contributed by atoms with E-state index in [1.807, 2.05) is 0 Å². The normalized spacial score (nSPS) is 10.7. The Morgan fingerprint density at radius 2 is 2.00 bits per heavy atom. The zero-order chi connectivity index (χ0) is 12.1. The van der Waals surface area contributed by atoms with E-state index in [9.17, 15) is 13.6 Å². The summed E-state index contributed by atoms with van der Waals surface area (Å²) in [4.78, 5) is 10.9. The van der Waals surface area contributed by atoms with Gasteiger partial charge in [0, 0.05) is 23.8 Å². The number of phenolic OH excluding ortho intramolecular Hbond substituents is 1. The van der Waals surface area contributed by atoms with Crippen molar-refractivity contribution in [3.63, 3.8) is 0 Å².